The van der Waals surface area contributed by atoms with Crippen molar-refractivity contribution in [3.63, 3.8) is 0 Å². The monoisotopic (exact) mass is 242 g/mol. The third-order valence-electron chi connectivity index (χ3n) is 2.85. The van der Waals surface area contributed by atoms with E-state index in [0.29, 0.717) is 13.0 Å². The number of carboxylic acid groups (broad SMARTS) is 1. The first-order valence-corrected chi connectivity index (χ1v) is 5.79. The molecule has 0 saturated carbocycles. The largest absolute Gasteiger partial charge is 0.480 e. The second kappa shape index (κ2) is 6.22. The first-order valence-electron chi connectivity index (χ1n) is 5.79. The van der Waals surface area contributed by atoms with Crippen LogP contribution in [0, 0.1) is 0 Å². The van der Waals surface area contributed by atoms with E-state index in [-0.39, 0.29) is 18.4 Å². The molecule has 0 spiro atoms. The van der Waals surface area contributed by atoms with E-state index in [2.05, 4.69) is 5.32 Å². The normalized spacial score (nSPS) is 20.5. The zero-order valence-corrected chi connectivity index (χ0v) is 9.94. The fourth-order valence-corrected chi connectivity index (χ4v) is 1.97. The standard InChI is InChI=1S/C11H18N2O4/c1-8(14)12-7-10(15)13-6-4-2-3-5-9(13)11(16)17/h9H,2-7H2,1H3,(H,12,14)(H,16,17). The lowest BCUT2D eigenvalue weighted by Gasteiger charge is -2.26. The molecule has 0 bridgehead atoms. The summed E-state index contributed by atoms with van der Waals surface area (Å²) in [7, 11) is 0. The molecule has 0 aromatic carbocycles. The Hall–Kier alpha value is -1.59. The molecule has 0 radical (unpaired) electrons. The molecular formula is C11H18N2O4. The molecule has 1 atom stereocenters. The lowest BCUT2D eigenvalue weighted by molar-refractivity contribution is -0.150. The van der Waals surface area contributed by atoms with Crippen LogP contribution in [0.3, 0.4) is 0 Å². The number of carboxylic acids is 1. The third kappa shape index (κ3) is 4.05. The van der Waals surface area contributed by atoms with Gasteiger partial charge >= 0.3 is 5.97 Å². The maximum Gasteiger partial charge on any atom is 0.326 e. The summed E-state index contributed by atoms with van der Waals surface area (Å²) in [6.07, 6.45) is 3.06. The number of likely N-dealkylation sites (tertiary alicyclic amines) is 1. The molecule has 2 N–H and O–H groups in total. The van der Waals surface area contributed by atoms with Gasteiger partial charge in [0.1, 0.15) is 6.04 Å². The molecule has 17 heavy (non-hydrogen) atoms. The van der Waals surface area contributed by atoms with E-state index in [1.165, 1.54) is 11.8 Å². The lowest BCUT2D eigenvalue weighted by Crippen LogP contribution is -2.48. The minimum Gasteiger partial charge on any atom is -0.480 e. The van der Waals surface area contributed by atoms with Crippen molar-refractivity contribution in [1.82, 2.24) is 10.2 Å². The quantitative estimate of drug-likeness (QED) is 0.728. The summed E-state index contributed by atoms with van der Waals surface area (Å²) in [6, 6.07) is -0.751. The topological polar surface area (TPSA) is 86.7 Å². The third-order valence-corrected chi connectivity index (χ3v) is 2.85. The zero-order chi connectivity index (χ0) is 12.8. The highest BCUT2D eigenvalue weighted by molar-refractivity contribution is 5.87. The summed E-state index contributed by atoms with van der Waals surface area (Å²) in [4.78, 5) is 35.0. The summed E-state index contributed by atoms with van der Waals surface area (Å²) in [5.41, 5.74) is 0. The molecule has 1 heterocycles. The first kappa shape index (κ1) is 13.5. The van der Waals surface area contributed by atoms with Crippen LogP contribution in [0.5, 0.6) is 0 Å². The number of nitrogens with one attached hydrogen (secondary N) is 1. The number of carbonyl (C=O) groups is 3. The van der Waals surface area contributed by atoms with Gasteiger partial charge in [-0.05, 0) is 12.8 Å². The maximum atomic E-state index is 11.8. The Labute approximate surface area is 100.0 Å². The summed E-state index contributed by atoms with van der Waals surface area (Å²) >= 11 is 0. The van der Waals surface area contributed by atoms with E-state index >= 15 is 0 Å². The molecular weight excluding hydrogens is 224 g/mol. The van der Waals surface area contributed by atoms with E-state index < -0.39 is 12.0 Å². The number of aliphatic carboxylic acids is 1. The van der Waals surface area contributed by atoms with Gasteiger partial charge in [-0.25, -0.2) is 4.79 Å². The van der Waals surface area contributed by atoms with Crippen molar-refractivity contribution in [1.29, 1.82) is 0 Å². The minimum atomic E-state index is -0.969. The van der Waals surface area contributed by atoms with Crippen molar-refractivity contribution < 1.29 is 19.5 Å². The van der Waals surface area contributed by atoms with Crippen LogP contribution in [-0.2, 0) is 14.4 Å². The highest BCUT2D eigenvalue weighted by atomic mass is 16.4. The van der Waals surface area contributed by atoms with Gasteiger partial charge < -0.3 is 15.3 Å². The highest BCUT2D eigenvalue weighted by Gasteiger charge is 2.30. The molecule has 1 rings (SSSR count). The number of hydrogen-bond donors (Lipinski definition) is 2. The summed E-state index contributed by atoms with van der Waals surface area (Å²) in [5.74, 6) is -1.59. The molecule has 1 unspecified atom stereocenters. The zero-order valence-electron chi connectivity index (χ0n) is 9.94. The van der Waals surface area contributed by atoms with E-state index in [0.717, 1.165) is 19.3 Å². The Kier molecular flexibility index (Phi) is 4.93. The Morgan fingerprint density at radius 3 is 2.59 bits per heavy atom. The Balaban J connectivity index is 2.65. The van der Waals surface area contributed by atoms with Crippen LogP contribution in [0.4, 0.5) is 0 Å². The Morgan fingerprint density at radius 1 is 1.29 bits per heavy atom. The average molecular weight is 242 g/mol. The molecule has 1 aliphatic heterocycles. The fourth-order valence-electron chi connectivity index (χ4n) is 1.97. The van der Waals surface area contributed by atoms with Gasteiger partial charge in [0.15, 0.2) is 0 Å². The SMILES string of the molecule is CC(=O)NCC(=O)N1CCCCCC1C(=O)O. The molecule has 6 heteroatoms. The number of carbonyl (C=O) groups excluding carboxylic acids is 2. The highest BCUT2D eigenvalue weighted by Crippen LogP contribution is 2.17. The smallest absolute Gasteiger partial charge is 0.326 e. The predicted octanol–water partition coefficient (Wildman–Crippen LogP) is -0.0217. The fraction of sp³-hybridized carbons (Fsp3) is 0.727. The summed E-state index contributed by atoms with van der Waals surface area (Å²) in [6.45, 7) is 1.65. The van der Waals surface area contributed by atoms with Crippen LogP contribution >= 0.6 is 0 Å². The van der Waals surface area contributed by atoms with Gasteiger partial charge in [-0.3, -0.25) is 9.59 Å². The molecule has 0 aromatic rings. The van der Waals surface area contributed by atoms with Crippen LogP contribution < -0.4 is 5.32 Å². The van der Waals surface area contributed by atoms with Gasteiger partial charge in [0.2, 0.25) is 11.8 Å². The molecule has 6 nitrogen and oxygen atoms in total. The molecule has 1 aliphatic rings. The van der Waals surface area contributed by atoms with Gasteiger partial charge in [0, 0.05) is 13.5 Å². The van der Waals surface area contributed by atoms with E-state index in [4.69, 9.17) is 5.11 Å². The van der Waals surface area contributed by atoms with Crippen LogP contribution in [-0.4, -0.2) is 46.9 Å². The van der Waals surface area contributed by atoms with Crippen molar-refractivity contribution in [2.75, 3.05) is 13.1 Å². The van der Waals surface area contributed by atoms with Crippen molar-refractivity contribution in [2.24, 2.45) is 0 Å². The van der Waals surface area contributed by atoms with Gasteiger partial charge in [-0.15, -0.1) is 0 Å². The maximum absolute atomic E-state index is 11.8. The summed E-state index contributed by atoms with van der Waals surface area (Å²) in [5, 5.41) is 11.5. The molecule has 96 valence electrons. The number of rotatable bonds is 3. The van der Waals surface area contributed by atoms with Crippen molar-refractivity contribution in [2.45, 2.75) is 38.6 Å². The second-order valence-electron chi connectivity index (χ2n) is 4.20. The van der Waals surface area contributed by atoms with Crippen LogP contribution in [0.15, 0.2) is 0 Å². The number of hydrogen-bond acceptors (Lipinski definition) is 3. The van der Waals surface area contributed by atoms with Gasteiger partial charge in [0.25, 0.3) is 0 Å². The number of amides is 2. The van der Waals surface area contributed by atoms with Crippen LogP contribution in [0.25, 0.3) is 0 Å². The van der Waals surface area contributed by atoms with E-state index in [9.17, 15) is 14.4 Å². The van der Waals surface area contributed by atoms with Gasteiger partial charge in [-0.1, -0.05) is 12.8 Å². The Bertz CT molecular complexity index is 317. The second-order valence-corrected chi connectivity index (χ2v) is 4.20. The minimum absolute atomic E-state index is 0.126. The molecule has 0 aliphatic carbocycles. The van der Waals surface area contributed by atoms with Crippen LogP contribution in [0.1, 0.15) is 32.6 Å². The van der Waals surface area contributed by atoms with Gasteiger partial charge in [-0.2, -0.15) is 0 Å². The molecule has 1 saturated heterocycles. The Morgan fingerprint density at radius 2 is 2.00 bits per heavy atom. The predicted molar refractivity (Wildman–Crippen MR) is 60.3 cm³/mol. The average Bonchev–Trinajstić information content (AvgIpc) is 2.50. The van der Waals surface area contributed by atoms with Crippen LogP contribution in [0.2, 0.25) is 0 Å². The van der Waals surface area contributed by atoms with E-state index in [1.54, 1.807) is 0 Å². The molecule has 1 fully saturated rings. The number of nitrogens with zero attached hydrogens (tertiary/aromatic N) is 1. The van der Waals surface area contributed by atoms with Crippen molar-refractivity contribution >= 4 is 17.8 Å². The first-order chi connectivity index (χ1) is 8.02. The van der Waals surface area contributed by atoms with E-state index in [1.807, 2.05) is 0 Å². The molecule has 0 aromatic heterocycles. The van der Waals surface area contributed by atoms with Gasteiger partial charge in [0.05, 0.1) is 6.54 Å². The molecule has 2 amide bonds. The lowest BCUT2D eigenvalue weighted by atomic mass is 10.1. The summed E-state index contributed by atoms with van der Waals surface area (Å²) < 4.78 is 0. The van der Waals surface area contributed by atoms with Crippen molar-refractivity contribution in [3.8, 4) is 0 Å². The van der Waals surface area contributed by atoms with Crippen molar-refractivity contribution in [3.05, 3.63) is 0 Å².